The van der Waals surface area contributed by atoms with Gasteiger partial charge in [-0.2, -0.15) is 5.10 Å². The normalized spacial score (nSPS) is 12.1. The van der Waals surface area contributed by atoms with Gasteiger partial charge in [-0.1, -0.05) is 35.5 Å². The van der Waals surface area contributed by atoms with Crippen LogP contribution in [0.1, 0.15) is 23.9 Å². The van der Waals surface area contributed by atoms with Gasteiger partial charge in [-0.3, -0.25) is 14.0 Å². The zero-order chi connectivity index (χ0) is 23.7. The maximum absolute atomic E-state index is 13.0. The molecule has 7 nitrogen and oxygen atoms in total. The predicted molar refractivity (Wildman–Crippen MR) is 133 cm³/mol. The maximum atomic E-state index is 13.0. The van der Waals surface area contributed by atoms with Crippen LogP contribution in [-0.4, -0.2) is 35.7 Å². The van der Waals surface area contributed by atoms with Gasteiger partial charge in [0.25, 0.3) is 0 Å². The molecule has 4 rings (SSSR count). The molecule has 2 aromatic carbocycles. The highest BCUT2D eigenvalue weighted by atomic mass is 35.5. The van der Waals surface area contributed by atoms with Gasteiger partial charge < -0.3 is 5.32 Å². The fraction of sp³-hybridized carbons (Fsp3) is 0.250. The number of thioether (sulfide) groups is 1. The third kappa shape index (κ3) is 4.82. The minimum atomic E-state index is -0.408. The molecule has 0 saturated carbocycles. The first-order valence-corrected chi connectivity index (χ1v) is 11.8. The van der Waals surface area contributed by atoms with E-state index in [9.17, 15) is 4.79 Å². The number of halogens is 1. The average Bonchev–Trinajstić information content (AvgIpc) is 3.30. The molecule has 0 saturated heterocycles. The van der Waals surface area contributed by atoms with Crippen molar-refractivity contribution >= 4 is 35.0 Å². The molecule has 1 amide bonds. The van der Waals surface area contributed by atoms with E-state index in [0.717, 1.165) is 33.9 Å². The van der Waals surface area contributed by atoms with Crippen LogP contribution in [0.5, 0.6) is 0 Å². The molecule has 4 aromatic rings. The summed E-state index contributed by atoms with van der Waals surface area (Å²) in [6.45, 7) is 7.71. The number of nitrogens with one attached hydrogen (secondary N) is 1. The molecule has 1 atom stereocenters. The van der Waals surface area contributed by atoms with Gasteiger partial charge in [-0.05, 0) is 69.7 Å². The molecule has 2 heterocycles. The Bertz CT molecular complexity index is 1310. The lowest BCUT2D eigenvalue weighted by Gasteiger charge is -2.14. The van der Waals surface area contributed by atoms with Gasteiger partial charge in [-0.25, -0.2) is 0 Å². The quantitative estimate of drug-likeness (QED) is 0.375. The summed E-state index contributed by atoms with van der Waals surface area (Å²) >= 11 is 7.44. The lowest BCUT2D eigenvalue weighted by Crippen LogP contribution is -2.23. The predicted octanol–water partition coefficient (Wildman–Crippen LogP) is 5.37. The highest BCUT2D eigenvalue weighted by molar-refractivity contribution is 8.00. The first-order valence-electron chi connectivity index (χ1n) is 10.5. The van der Waals surface area contributed by atoms with Crippen LogP contribution in [0.2, 0.25) is 5.02 Å². The molecule has 1 N–H and O–H groups in total. The van der Waals surface area contributed by atoms with E-state index < -0.39 is 5.25 Å². The van der Waals surface area contributed by atoms with Gasteiger partial charge in [0.1, 0.15) is 0 Å². The average molecular weight is 481 g/mol. The number of carbonyl (C=O) groups excluding carboxylic acids is 1. The van der Waals surface area contributed by atoms with Crippen molar-refractivity contribution in [3.05, 3.63) is 70.5 Å². The van der Waals surface area contributed by atoms with E-state index in [2.05, 4.69) is 26.7 Å². The van der Waals surface area contributed by atoms with Crippen molar-refractivity contribution in [2.45, 2.75) is 38.1 Å². The fourth-order valence-corrected chi connectivity index (χ4v) is 4.52. The first-order chi connectivity index (χ1) is 15.7. The monoisotopic (exact) mass is 480 g/mol. The van der Waals surface area contributed by atoms with E-state index in [1.54, 1.807) is 4.68 Å². The van der Waals surface area contributed by atoms with Crippen molar-refractivity contribution in [1.29, 1.82) is 0 Å². The Morgan fingerprint density at radius 2 is 1.82 bits per heavy atom. The first kappa shape index (κ1) is 23.1. The van der Waals surface area contributed by atoms with Crippen LogP contribution in [-0.2, 0) is 11.8 Å². The van der Waals surface area contributed by atoms with Gasteiger partial charge >= 0.3 is 0 Å². The minimum absolute atomic E-state index is 0.119. The lowest BCUT2D eigenvalue weighted by molar-refractivity contribution is -0.115. The van der Waals surface area contributed by atoms with Crippen LogP contribution < -0.4 is 5.32 Å². The zero-order valence-electron chi connectivity index (χ0n) is 19.1. The van der Waals surface area contributed by atoms with Crippen molar-refractivity contribution in [2.24, 2.45) is 7.05 Å². The number of rotatable bonds is 6. The Balaban J connectivity index is 1.67. The molecule has 0 aliphatic carbocycles. The topological polar surface area (TPSA) is 77.6 Å². The van der Waals surface area contributed by atoms with Crippen molar-refractivity contribution in [3.63, 3.8) is 0 Å². The van der Waals surface area contributed by atoms with Gasteiger partial charge in [-0.15, -0.1) is 10.2 Å². The van der Waals surface area contributed by atoms with Crippen LogP contribution in [0, 0.1) is 20.8 Å². The van der Waals surface area contributed by atoms with Crippen LogP contribution >= 0.6 is 23.4 Å². The molecule has 0 aliphatic rings. The Labute approximate surface area is 202 Å². The minimum Gasteiger partial charge on any atom is -0.322 e. The van der Waals surface area contributed by atoms with E-state index >= 15 is 0 Å². The van der Waals surface area contributed by atoms with Gasteiger partial charge in [0.15, 0.2) is 11.0 Å². The summed E-state index contributed by atoms with van der Waals surface area (Å²) in [5, 5.41) is 17.2. The smallest absolute Gasteiger partial charge is 0.237 e. The van der Waals surface area contributed by atoms with Crippen LogP contribution in [0.25, 0.3) is 17.1 Å². The Morgan fingerprint density at radius 3 is 2.45 bits per heavy atom. The van der Waals surface area contributed by atoms with E-state index in [1.165, 1.54) is 11.8 Å². The van der Waals surface area contributed by atoms with Gasteiger partial charge in [0.2, 0.25) is 5.91 Å². The number of hydrogen-bond donors (Lipinski definition) is 1. The maximum Gasteiger partial charge on any atom is 0.237 e. The third-order valence-corrected chi connectivity index (χ3v) is 6.70. The number of benzene rings is 2. The van der Waals surface area contributed by atoms with E-state index in [4.69, 9.17) is 11.6 Å². The van der Waals surface area contributed by atoms with Gasteiger partial charge in [0, 0.05) is 23.3 Å². The van der Waals surface area contributed by atoms with Crippen molar-refractivity contribution in [3.8, 4) is 17.1 Å². The number of carbonyl (C=O) groups is 1. The van der Waals surface area contributed by atoms with E-state index in [1.807, 2.05) is 81.8 Å². The molecule has 0 bridgehead atoms. The molecule has 170 valence electrons. The standard InChI is InChI=1S/C24H25ClN6OS/c1-14-7-6-8-20(13-14)31-22(18-9-11-19(25)12-10-18)27-28-24(31)33-17(4)23(32)26-21-15(2)29-30(5)16(21)3/h6-13,17H,1-5H3,(H,26,32). The third-order valence-electron chi connectivity index (χ3n) is 5.40. The number of hydrogen-bond acceptors (Lipinski definition) is 5. The number of aryl methyl sites for hydroxylation is 3. The number of nitrogens with zero attached hydrogens (tertiary/aromatic N) is 5. The lowest BCUT2D eigenvalue weighted by atomic mass is 10.2. The van der Waals surface area contributed by atoms with Crippen LogP contribution in [0.15, 0.2) is 53.7 Å². The van der Waals surface area contributed by atoms with Crippen molar-refractivity contribution < 1.29 is 4.79 Å². The molecular weight excluding hydrogens is 456 g/mol. The SMILES string of the molecule is Cc1cccc(-n2c(SC(C)C(=O)Nc3c(C)nn(C)c3C)nnc2-c2ccc(Cl)cc2)c1. The van der Waals surface area contributed by atoms with Crippen LogP contribution in [0.3, 0.4) is 0 Å². The van der Waals surface area contributed by atoms with Crippen molar-refractivity contribution in [1.82, 2.24) is 24.5 Å². The second kappa shape index (κ2) is 9.41. The highest BCUT2D eigenvalue weighted by Crippen LogP contribution is 2.31. The molecule has 0 spiro atoms. The fourth-order valence-electron chi connectivity index (χ4n) is 3.52. The molecule has 0 aliphatic heterocycles. The van der Waals surface area contributed by atoms with Gasteiger partial charge in [0.05, 0.1) is 22.3 Å². The van der Waals surface area contributed by atoms with E-state index in [-0.39, 0.29) is 5.91 Å². The second-order valence-corrected chi connectivity index (χ2v) is 9.65. The molecular formula is C24H25ClN6OS. The largest absolute Gasteiger partial charge is 0.322 e. The number of amides is 1. The number of aromatic nitrogens is 5. The zero-order valence-corrected chi connectivity index (χ0v) is 20.7. The summed E-state index contributed by atoms with van der Waals surface area (Å²) in [5.41, 5.74) is 5.38. The highest BCUT2D eigenvalue weighted by Gasteiger charge is 2.23. The summed E-state index contributed by atoms with van der Waals surface area (Å²) in [7, 11) is 1.86. The summed E-state index contributed by atoms with van der Waals surface area (Å²) in [6.07, 6.45) is 0. The van der Waals surface area contributed by atoms with Crippen molar-refractivity contribution in [2.75, 3.05) is 5.32 Å². The molecule has 1 unspecified atom stereocenters. The number of anilines is 1. The molecule has 0 fully saturated rings. The molecule has 33 heavy (non-hydrogen) atoms. The summed E-state index contributed by atoms with van der Waals surface area (Å²) in [5.74, 6) is 0.567. The Kier molecular flexibility index (Phi) is 6.58. The van der Waals surface area contributed by atoms with Crippen LogP contribution in [0.4, 0.5) is 5.69 Å². The Morgan fingerprint density at radius 1 is 1.09 bits per heavy atom. The summed E-state index contributed by atoms with van der Waals surface area (Å²) < 4.78 is 3.74. The molecule has 0 radical (unpaired) electrons. The second-order valence-electron chi connectivity index (χ2n) is 7.91. The Hall–Kier alpha value is -3.10. The molecule has 2 aromatic heterocycles. The summed E-state index contributed by atoms with van der Waals surface area (Å²) in [4.78, 5) is 13.0. The molecule has 9 heteroatoms. The summed E-state index contributed by atoms with van der Waals surface area (Å²) in [6, 6.07) is 15.6. The van der Waals surface area contributed by atoms with E-state index in [0.29, 0.717) is 16.0 Å².